The van der Waals surface area contributed by atoms with Crippen LogP contribution in [0.3, 0.4) is 0 Å². The molecule has 4 rings (SSSR count). The van der Waals surface area contributed by atoms with Gasteiger partial charge in [0.15, 0.2) is 5.65 Å². The summed E-state index contributed by atoms with van der Waals surface area (Å²) in [5.74, 6) is 1.04. The molecule has 0 radical (unpaired) electrons. The Bertz CT molecular complexity index is 1050. The van der Waals surface area contributed by atoms with E-state index in [1.807, 2.05) is 31.9 Å². The molecule has 0 aliphatic carbocycles. The van der Waals surface area contributed by atoms with Crippen LogP contribution in [0, 0.1) is 11.7 Å². The lowest BCUT2D eigenvalue weighted by atomic mass is 10.1. The zero-order chi connectivity index (χ0) is 20.5. The van der Waals surface area contributed by atoms with Gasteiger partial charge >= 0.3 is 6.03 Å². The van der Waals surface area contributed by atoms with Crippen molar-refractivity contribution in [1.82, 2.24) is 19.9 Å². The molecule has 0 fully saturated rings. The highest BCUT2D eigenvalue weighted by molar-refractivity contribution is 5.93. The van der Waals surface area contributed by atoms with Crippen LogP contribution in [0.5, 0.6) is 5.75 Å². The summed E-state index contributed by atoms with van der Waals surface area (Å²) in [4.78, 5) is 19.1. The number of nitrogens with one attached hydrogen (secondary N) is 2. The van der Waals surface area contributed by atoms with E-state index in [0.717, 1.165) is 0 Å². The number of rotatable bonds is 1. The Kier molecular flexibility index (Phi) is 4.96. The van der Waals surface area contributed by atoms with E-state index < -0.39 is 0 Å². The highest BCUT2D eigenvalue weighted by Gasteiger charge is 2.21. The molecule has 0 unspecified atom stereocenters. The largest absolute Gasteiger partial charge is 0.491 e. The molecule has 0 saturated carbocycles. The van der Waals surface area contributed by atoms with E-state index in [1.54, 1.807) is 23.0 Å². The number of carbonyl (C=O) groups is 1. The summed E-state index contributed by atoms with van der Waals surface area (Å²) in [6, 6.07) is 5.66. The molecule has 9 heteroatoms. The minimum atomic E-state index is -0.362. The standard InChI is InChI=1S/C20H23FN6O2/c1-12(2)16-11-29-17-5-4-14(21)8-13(17)10-26(3)18-6-7-27-19(25-18)15(9-22-27)23-20(28)24-16/h4-9,12,16H,10-11H2,1-3H3,(H2,23,24,28)/t16-/m0/s1. The third-order valence-corrected chi connectivity index (χ3v) is 4.96. The number of nitrogens with zero attached hydrogens (tertiary/aromatic N) is 4. The first kappa shape index (κ1) is 19.0. The maximum absolute atomic E-state index is 13.9. The molecule has 29 heavy (non-hydrogen) atoms. The number of hydrogen-bond acceptors (Lipinski definition) is 5. The molecule has 2 bridgehead atoms. The SMILES string of the molecule is CC(C)[C@@H]1COc2ccc(F)cc2CN(C)c2ccn3ncc(c3n2)NC(=O)N1. The van der Waals surface area contributed by atoms with Crippen molar-refractivity contribution in [2.24, 2.45) is 5.92 Å². The molecular formula is C20H23FN6O2. The maximum atomic E-state index is 13.9. The number of benzene rings is 1. The van der Waals surface area contributed by atoms with E-state index in [4.69, 9.17) is 4.74 Å². The summed E-state index contributed by atoms with van der Waals surface area (Å²) in [7, 11) is 1.87. The van der Waals surface area contributed by atoms with Crippen molar-refractivity contribution >= 4 is 23.2 Å². The van der Waals surface area contributed by atoms with Crippen LogP contribution in [-0.2, 0) is 6.54 Å². The first-order valence-electron chi connectivity index (χ1n) is 9.45. The van der Waals surface area contributed by atoms with Gasteiger partial charge in [-0.3, -0.25) is 0 Å². The molecule has 1 atom stereocenters. The molecule has 0 spiro atoms. The Labute approximate surface area is 167 Å². The smallest absolute Gasteiger partial charge is 0.319 e. The molecule has 1 aromatic carbocycles. The van der Waals surface area contributed by atoms with Gasteiger partial charge in [0.25, 0.3) is 0 Å². The Hall–Kier alpha value is -3.36. The average molecular weight is 398 g/mol. The van der Waals surface area contributed by atoms with Crippen molar-refractivity contribution in [2.45, 2.75) is 26.4 Å². The second-order valence-corrected chi connectivity index (χ2v) is 7.48. The molecule has 2 amide bonds. The van der Waals surface area contributed by atoms with Crippen LogP contribution >= 0.6 is 0 Å². The number of hydrogen-bond donors (Lipinski definition) is 2. The van der Waals surface area contributed by atoms with Gasteiger partial charge < -0.3 is 20.3 Å². The third-order valence-electron chi connectivity index (χ3n) is 4.96. The van der Waals surface area contributed by atoms with Crippen LogP contribution in [0.25, 0.3) is 5.65 Å². The monoisotopic (exact) mass is 398 g/mol. The van der Waals surface area contributed by atoms with Crippen LogP contribution in [0.1, 0.15) is 19.4 Å². The van der Waals surface area contributed by atoms with E-state index in [-0.39, 0.29) is 30.4 Å². The van der Waals surface area contributed by atoms with Gasteiger partial charge in [-0.05, 0) is 30.2 Å². The van der Waals surface area contributed by atoms with Gasteiger partial charge in [-0.1, -0.05) is 13.8 Å². The van der Waals surface area contributed by atoms with E-state index in [9.17, 15) is 9.18 Å². The quantitative estimate of drug-likeness (QED) is 0.658. The van der Waals surface area contributed by atoms with Gasteiger partial charge in [0.2, 0.25) is 0 Å². The number of aromatic nitrogens is 3. The summed E-state index contributed by atoms with van der Waals surface area (Å²) in [6.07, 6.45) is 3.33. The van der Waals surface area contributed by atoms with E-state index in [2.05, 4.69) is 20.7 Å². The lowest BCUT2D eigenvalue weighted by molar-refractivity contribution is 0.215. The third kappa shape index (κ3) is 3.94. The predicted molar refractivity (Wildman–Crippen MR) is 108 cm³/mol. The number of urea groups is 1. The molecule has 0 saturated heterocycles. The zero-order valence-corrected chi connectivity index (χ0v) is 16.5. The van der Waals surface area contributed by atoms with Crippen molar-refractivity contribution in [3.63, 3.8) is 0 Å². The van der Waals surface area contributed by atoms with Crippen LogP contribution in [-0.4, -0.2) is 40.3 Å². The maximum Gasteiger partial charge on any atom is 0.319 e. The van der Waals surface area contributed by atoms with Crippen molar-refractivity contribution in [1.29, 1.82) is 0 Å². The van der Waals surface area contributed by atoms with E-state index in [1.165, 1.54) is 12.1 Å². The molecule has 1 aliphatic heterocycles. The number of carbonyl (C=O) groups excluding carboxylic acids is 1. The van der Waals surface area contributed by atoms with Gasteiger partial charge in [-0.15, -0.1) is 0 Å². The lowest BCUT2D eigenvalue weighted by Gasteiger charge is -2.25. The molecule has 152 valence electrons. The van der Waals surface area contributed by atoms with Gasteiger partial charge in [-0.2, -0.15) is 5.10 Å². The van der Waals surface area contributed by atoms with E-state index in [0.29, 0.717) is 35.0 Å². The molecule has 2 aromatic heterocycles. The fourth-order valence-electron chi connectivity index (χ4n) is 3.22. The van der Waals surface area contributed by atoms with Crippen molar-refractivity contribution in [3.8, 4) is 5.75 Å². The van der Waals surface area contributed by atoms with Gasteiger partial charge in [0.1, 0.15) is 29.7 Å². The molecule has 3 heterocycles. The Morgan fingerprint density at radius 2 is 2.14 bits per heavy atom. The second kappa shape index (κ2) is 7.57. The van der Waals surface area contributed by atoms with Gasteiger partial charge in [-0.25, -0.2) is 18.7 Å². The number of fused-ring (bicyclic) bond motifs is 2. The summed E-state index contributed by atoms with van der Waals surface area (Å²) in [5, 5.41) is 9.99. The minimum Gasteiger partial charge on any atom is -0.491 e. The number of ether oxygens (including phenoxy) is 1. The Balaban J connectivity index is 1.78. The van der Waals surface area contributed by atoms with Crippen LogP contribution in [0.2, 0.25) is 0 Å². The minimum absolute atomic E-state index is 0.133. The Morgan fingerprint density at radius 3 is 2.93 bits per heavy atom. The van der Waals surface area contributed by atoms with Gasteiger partial charge in [0, 0.05) is 25.4 Å². The normalized spacial score (nSPS) is 17.5. The molecule has 1 aliphatic rings. The van der Waals surface area contributed by atoms with Crippen molar-refractivity contribution < 1.29 is 13.9 Å². The van der Waals surface area contributed by atoms with Crippen LogP contribution in [0.15, 0.2) is 36.7 Å². The van der Waals surface area contributed by atoms with Crippen LogP contribution < -0.4 is 20.3 Å². The fraction of sp³-hybridized carbons (Fsp3) is 0.350. The molecule has 8 nitrogen and oxygen atoms in total. The second-order valence-electron chi connectivity index (χ2n) is 7.48. The number of amides is 2. The predicted octanol–water partition coefficient (Wildman–Crippen LogP) is 3.04. The zero-order valence-electron chi connectivity index (χ0n) is 16.5. The Morgan fingerprint density at radius 1 is 1.31 bits per heavy atom. The summed E-state index contributed by atoms with van der Waals surface area (Å²) in [6.45, 7) is 4.67. The molecule has 3 aromatic rings. The average Bonchev–Trinajstić information content (AvgIpc) is 3.07. The first-order chi connectivity index (χ1) is 13.9. The highest BCUT2D eigenvalue weighted by Crippen LogP contribution is 2.25. The van der Waals surface area contributed by atoms with Crippen molar-refractivity contribution in [3.05, 3.63) is 48.0 Å². The molecule has 2 N–H and O–H groups in total. The lowest BCUT2D eigenvalue weighted by Crippen LogP contribution is -2.44. The summed E-state index contributed by atoms with van der Waals surface area (Å²) in [5.41, 5.74) is 1.73. The van der Waals surface area contributed by atoms with E-state index >= 15 is 0 Å². The molecular weight excluding hydrogens is 375 g/mol. The first-order valence-corrected chi connectivity index (χ1v) is 9.45. The van der Waals surface area contributed by atoms with Gasteiger partial charge in [0.05, 0.1) is 12.2 Å². The fourth-order valence-corrected chi connectivity index (χ4v) is 3.22. The highest BCUT2D eigenvalue weighted by atomic mass is 19.1. The number of halogens is 1. The summed E-state index contributed by atoms with van der Waals surface area (Å²) >= 11 is 0. The number of anilines is 2. The topological polar surface area (TPSA) is 83.8 Å². The van der Waals surface area contributed by atoms with Crippen LogP contribution in [0.4, 0.5) is 20.7 Å². The van der Waals surface area contributed by atoms with Crippen molar-refractivity contribution in [2.75, 3.05) is 23.9 Å². The summed E-state index contributed by atoms with van der Waals surface area (Å²) < 4.78 is 21.5.